The summed E-state index contributed by atoms with van der Waals surface area (Å²) in [6.45, 7) is 6.47. The molecule has 0 saturated carbocycles. The molecule has 6 nitrogen and oxygen atoms in total. The molecule has 0 spiro atoms. The van der Waals surface area contributed by atoms with Gasteiger partial charge in [-0.3, -0.25) is 14.4 Å². The van der Waals surface area contributed by atoms with E-state index in [1.54, 1.807) is 0 Å². The molecule has 330 valence electrons. The third-order valence-electron chi connectivity index (χ3n) is 10.3. The van der Waals surface area contributed by atoms with Gasteiger partial charge >= 0.3 is 17.9 Å². The number of ether oxygens (including phenoxy) is 3. The summed E-state index contributed by atoms with van der Waals surface area (Å²) in [4.78, 5) is 37.8. The Morgan fingerprint density at radius 2 is 0.684 bits per heavy atom. The molecule has 0 bridgehead atoms. The van der Waals surface area contributed by atoms with Crippen LogP contribution in [0.4, 0.5) is 0 Å². The summed E-state index contributed by atoms with van der Waals surface area (Å²) in [5.74, 6) is -0.932. The van der Waals surface area contributed by atoms with E-state index in [1.165, 1.54) is 122 Å². The molecular weight excluding hydrogens is 709 g/mol. The van der Waals surface area contributed by atoms with Crippen LogP contribution in [-0.4, -0.2) is 37.2 Å². The van der Waals surface area contributed by atoms with E-state index in [1.807, 2.05) is 0 Å². The molecule has 0 fully saturated rings. The van der Waals surface area contributed by atoms with Gasteiger partial charge < -0.3 is 14.2 Å². The first-order chi connectivity index (χ1) is 28.0. The lowest BCUT2D eigenvalue weighted by atomic mass is 10.1. The Balaban J connectivity index is 4.37. The molecule has 0 saturated heterocycles. The highest BCUT2D eigenvalue weighted by Crippen LogP contribution is 2.14. The van der Waals surface area contributed by atoms with E-state index in [4.69, 9.17) is 14.2 Å². The molecule has 1 atom stereocenters. The standard InChI is InChI=1S/C51H90O6/c1-4-7-10-13-16-19-22-24-25-26-27-28-30-32-35-38-41-44-50(53)56-47-48(46-55-49(52)43-40-37-34-31-21-18-15-12-9-6-3)57-51(54)45-42-39-36-33-29-23-20-17-14-11-8-5-2/h8,11,17,20,24-25,29,33,48H,4-7,9-10,12-16,18-19,21-23,26-28,30-32,34-47H2,1-3H3/b11-8-,20-17-,25-24-,33-29-. The van der Waals surface area contributed by atoms with Crippen molar-refractivity contribution in [3.8, 4) is 0 Å². The van der Waals surface area contributed by atoms with Gasteiger partial charge in [-0.25, -0.2) is 0 Å². The summed E-state index contributed by atoms with van der Waals surface area (Å²) >= 11 is 0. The van der Waals surface area contributed by atoms with Crippen LogP contribution in [0.1, 0.15) is 239 Å². The van der Waals surface area contributed by atoms with Crippen LogP contribution in [0.5, 0.6) is 0 Å². The van der Waals surface area contributed by atoms with Crippen molar-refractivity contribution >= 4 is 17.9 Å². The molecule has 0 aromatic carbocycles. The highest BCUT2D eigenvalue weighted by atomic mass is 16.6. The summed E-state index contributed by atoms with van der Waals surface area (Å²) in [5.41, 5.74) is 0. The van der Waals surface area contributed by atoms with Crippen LogP contribution in [0.25, 0.3) is 0 Å². The van der Waals surface area contributed by atoms with E-state index in [-0.39, 0.29) is 37.5 Å². The quantitative estimate of drug-likeness (QED) is 0.0265. The van der Waals surface area contributed by atoms with Gasteiger partial charge in [-0.05, 0) is 77.0 Å². The molecule has 0 aliphatic rings. The Morgan fingerprint density at radius 1 is 0.368 bits per heavy atom. The molecule has 0 aromatic heterocycles. The Hall–Kier alpha value is -2.63. The zero-order valence-electron chi connectivity index (χ0n) is 37.6. The number of hydrogen-bond donors (Lipinski definition) is 0. The smallest absolute Gasteiger partial charge is 0.306 e. The van der Waals surface area contributed by atoms with Crippen molar-refractivity contribution in [2.45, 2.75) is 245 Å². The molecule has 57 heavy (non-hydrogen) atoms. The Bertz CT molecular complexity index is 1010. The van der Waals surface area contributed by atoms with Crippen molar-refractivity contribution in [3.63, 3.8) is 0 Å². The molecule has 0 aliphatic heterocycles. The fourth-order valence-corrected chi connectivity index (χ4v) is 6.69. The van der Waals surface area contributed by atoms with Crippen molar-refractivity contribution in [2.75, 3.05) is 13.2 Å². The predicted molar refractivity (Wildman–Crippen MR) is 242 cm³/mol. The van der Waals surface area contributed by atoms with E-state index in [0.29, 0.717) is 19.3 Å². The van der Waals surface area contributed by atoms with Gasteiger partial charge in [0.25, 0.3) is 0 Å². The number of allylic oxidation sites excluding steroid dienone is 8. The van der Waals surface area contributed by atoms with Crippen molar-refractivity contribution in [1.29, 1.82) is 0 Å². The van der Waals surface area contributed by atoms with E-state index < -0.39 is 6.10 Å². The predicted octanol–water partition coefficient (Wildman–Crippen LogP) is 15.5. The number of unbranched alkanes of at least 4 members (excludes halogenated alkanes) is 24. The molecule has 0 rings (SSSR count). The van der Waals surface area contributed by atoms with Gasteiger partial charge in [0.2, 0.25) is 0 Å². The lowest BCUT2D eigenvalue weighted by molar-refractivity contribution is -0.167. The largest absolute Gasteiger partial charge is 0.462 e. The summed E-state index contributed by atoms with van der Waals surface area (Å²) in [5, 5.41) is 0. The Labute approximate surface area is 352 Å². The van der Waals surface area contributed by atoms with Gasteiger partial charge in [0.1, 0.15) is 13.2 Å². The van der Waals surface area contributed by atoms with Gasteiger partial charge in [0.05, 0.1) is 0 Å². The van der Waals surface area contributed by atoms with Crippen LogP contribution in [0, 0.1) is 0 Å². The summed E-state index contributed by atoms with van der Waals surface area (Å²) in [6.07, 6.45) is 53.9. The third kappa shape index (κ3) is 44.3. The minimum absolute atomic E-state index is 0.0883. The molecule has 0 amide bonds. The van der Waals surface area contributed by atoms with Crippen LogP contribution in [0.2, 0.25) is 0 Å². The second-order valence-electron chi connectivity index (χ2n) is 16.0. The van der Waals surface area contributed by atoms with Crippen molar-refractivity contribution in [2.24, 2.45) is 0 Å². The highest BCUT2D eigenvalue weighted by Gasteiger charge is 2.19. The second kappa shape index (κ2) is 46.1. The number of esters is 3. The van der Waals surface area contributed by atoms with E-state index in [9.17, 15) is 14.4 Å². The van der Waals surface area contributed by atoms with Crippen LogP contribution in [0.15, 0.2) is 48.6 Å². The van der Waals surface area contributed by atoms with Crippen LogP contribution in [-0.2, 0) is 28.6 Å². The van der Waals surface area contributed by atoms with Gasteiger partial charge in [0.15, 0.2) is 6.10 Å². The average molecular weight is 799 g/mol. The van der Waals surface area contributed by atoms with E-state index in [0.717, 1.165) is 70.6 Å². The third-order valence-corrected chi connectivity index (χ3v) is 10.3. The van der Waals surface area contributed by atoms with Crippen LogP contribution in [0.3, 0.4) is 0 Å². The maximum absolute atomic E-state index is 12.7. The number of carbonyl (C=O) groups is 3. The molecule has 0 N–H and O–H groups in total. The maximum Gasteiger partial charge on any atom is 0.306 e. The molecule has 0 heterocycles. The summed E-state index contributed by atoms with van der Waals surface area (Å²) in [7, 11) is 0. The highest BCUT2D eigenvalue weighted by molar-refractivity contribution is 5.71. The molecule has 0 aliphatic carbocycles. The van der Waals surface area contributed by atoms with Crippen molar-refractivity contribution < 1.29 is 28.6 Å². The lowest BCUT2D eigenvalue weighted by Gasteiger charge is -2.18. The minimum Gasteiger partial charge on any atom is -0.462 e. The van der Waals surface area contributed by atoms with Crippen molar-refractivity contribution in [3.05, 3.63) is 48.6 Å². The van der Waals surface area contributed by atoms with E-state index >= 15 is 0 Å². The zero-order chi connectivity index (χ0) is 41.5. The second-order valence-corrected chi connectivity index (χ2v) is 16.0. The lowest BCUT2D eigenvalue weighted by Crippen LogP contribution is -2.30. The Morgan fingerprint density at radius 3 is 1.12 bits per heavy atom. The fraction of sp³-hybridized carbons (Fsp3) is 0.784. The zero-order valence-corrected chi connectivity index (χ0v) is 37.6. The van der Waals surface area contributed by atoms with Gasteiger partial charge in [-0.2, -0.15) is 0 Å². The molecule has 6 heteroatoms. The molecule has 1 unspecified atom stereocenters. The summed E-state index contributed by atoms with van der Waals surface area (Å²) in [6, 6.07) is 0. The molecule has 0 aromatic rings. The average Bonchev–Trinajstić information content (AvgIpc) is 3.21. The van der Waals surface area contributed by atoms with Crippen molar-refractivity contribution in [1.82, 2.24) is 0 Å². The summed E-state index contributed by atoms with van der Waals surface area (Å²) < 4.78 is 16.7. The first-order valence-corrected chi connectivity index (χ1v) is 24.1. The fourth-order valence-electron chi connectivity index (χ4n) is 6.69. The normalized spacial score (nSPS) is 12.4. The molecule has 0 radical (unpaired) electrons. The number of rotatable bonds is 43. The van der Waals surface area contributed by atoms with Gasteiger partial charge in [0, 0.05) is 19.3 Å². The van der Waals surface area contributed by atoms with E-state index in [2.05, 4.69) is 69.4 Å². The van der Waals surface area contributed by atoms with Gasteiger partial charge in [-0.15, -0.1) is 0 Å². The first-order valence-electron chi connectivity index (χ1n) is 24.1. The Kier molecular flexibility index (Phi) is 43.9. The first kappa shape index (κ1) is 54.4. The van der Waals surface area contributed by atoms with Crippen LogP contribution >= 0.6 is 0 Å². The topological polar surface area (TPSA) is 78.9 Å². The van der Waals surface area contributed by atoms with Gasteiger partial charge in [-0.1, -0.05) is 191 Å². The SMILES string of the molecule is CC/C=C\C/C=C\C/C=C\CCCCC(=O)OC(COC(=O)CCCCCCCCC/C=C\CCCCCCCC)COC(=O)CCCCCCCCCCCC. The maximum atomic E-state index is 12.7. The number of hydrogen-bond acceptors (Lipinski definition) is 6. The molecular formula is C51H90O6. The monoisotopic (exact) mass is 799 g/mol. The number of carbonyl (C=O) groups excluding carboxylic acids is 3. The van der Waals surface area contributed by atoms with Crippen LogP contribution < -0.4 is 0 Å². The minimum atomic E-state index is -0.789.